The standard InChI is InChI=1S/C17H16N4O2S/c1-11-4-3-5-13(8-11)16-19-20-17(24)21(16)18-10-12-6-7-14(22)15(9-12)23-2/h3-10,22H,1-2H3,(H,20,24)/b18-10-. The van der Waals surface area contributed by atoms with Crippen molar-refractivity contribution in [3.8, 4) is 22.9 Å². The molecular weight excluding hydrogens is 324 g/mol. The number of aromatic amines is 1. The molecule has 6 nitrogen and oxygen atoms in total. The van der Waals surface area contributed by atoms with Crippen molar-refractivity contribution < 1.29 is 9.84 Å². The summed E-state index contributed by atoms with van der Waals surface area (Å²) < 4.78 is 7.05. The van der Waals surface area contributed by atoms with Gasteiger partial charge < -0.3 is 9.84 Å². The summed E-state index contributed by atoms with van der Waals surface area (Å²) in [6.45, 7) is 2.01. The summed E-state index contributed by atoms with van der Waals surface area (Å²) in [5.74, 6) is 1.09. The largest absolute Gasteiger partial charge is 0.504 e. The van der Waals surface area contributed by atoms with E-state index in [2.05, 4.69) is 15.3 Å². The third-order valence-electron chi connectivity index (χ3n) is 3.45. The number of aryl methyl sites for hydroxylation is 1. The van der Waals surface area contributed by atoms with Crippen LogP contribution in [0.3, 0.4) is 0 Å². The molecule has 0 fully saturated rings. The van der Waals surface area contributed by atoms with Gasteiger partial charge in [0.2, 0.25) is 4.77 Å². The van der Waals surface area contributed by atoms with Gasteiger partial charge in [-0.05, 0) is 49.0 Å². The van der Waals surface area contributed by atoms with Crippen LogP contribution >= 0.6 is 12.2 Å². The van der Waals surface area contributed by atoms with Crippen molar-refractivity contribution in [1.29, 1.82) is 0 Å². The highest BCUT2D eigenvalue weighted by Gasteiger charge is 2.08. The number of rotatable bonds is 4. The van der Waals surface area contributed by atoms with Gasteiger partial charge in [-0.2, -0.15) is 14.9 Å². The Morgan fingerprint density at radius 1 is 1.29 bits per heavy atom. The highest BCUT2D eigenvalue weighted by atomic mass is 32.1. The highest BCUT2D eigenvalue weighted by Crippen LogP contribution is 2.25. The summed E-state index contributed by atoms with van der Waals surface area (Å²) in [5.41, 5.74) is 2.81. The van der Waals surface area contributed by atoms with Crippen molar-refractivity contribution in [2.45, 2.75) is 6.92 Å². The van der Waals surface area contributed by atoms with Crippen LogP contribution in [0.25, 0.3) is 11.4 Å². The summed E-state index contributed by atoms with van der Waals surface area (Å²) >= 11 is 5.26. The monoisotopic (exact) mass is 340 g/mol. The van der Waals surface area contributed by atoms with E-state index in [1.165, 1.54) is 7.11 Å². The van der Waals surface area contributed by atoms with Crippen molar-refractivity contribution >= 4 is 18.4 Å². The van der Waals surface area contributed by atoms with Gasteiger partial charge in [-0.25, -0.2) is 5.10 Å². The maximum atomic E-state index is 9.64. The first-order valence-corrected chi connectivity index (χ1v) is 7.65. The Kier molecular flexibility index (Phi) is 4.43. The molecule has 0 saturated carbocycles. The first-order chi connectivity index (χ1) is 11.6. The van der Waals surface area contributed by atoms with Crippen LogP contribution in [0.2, 0.25) is 0 Å². The number of phenols is 1. The first-order valence-electron chi connectivity index (χ1n) is 7.24. The van der Waals surface area contributed by atoms with E-state index in [4.69, 9.17) is 17.0 Å². The Balaban J connectivity index is 1.99. The summed E-state index contributed by atoms with van der Waals surface area (Å²) in [6, 6.07) is 12.9. The minimum Gasteiger partial charge on any atom is -0.504 e. The second-order valence-corrected chi connectivity index (χ2v) is 5.60. The number of aromatic nitrogens is 3. The summed E-state index contributed by atoms with van der Waals surface area (Å²) in [4.78, 5) is 0. The van der Waals surface area contributed by atoms with Crippen LogP contribution in [0.1, 0.15) is 11.1 Å². The second kappa shape index (κ2) is 6.67. The van der Waals surface area contributed by atoms with Crippen molar-refractivity contribution in [3.63, 3.8) is 0 Å². The van der Waals surface area contributed by atoms with Gasteiger partial charge in [0.25, 0.3) is 0 Å². The number of hydrogen-bond donors (Lipinski definition) is 2. The molecule has 1 aromatic heterocycles. The Bertz CT molecular complexity index is 959. The molecule has 3 aromatic rings. The minimum atomic E-state index is 0.0787. The molecule has 0 radical (unpaired) electrons. The number of phenolic OH excluding ortho intramolecular Hbond substituents is 1. The van der Waals surface area contributed by atoms with E-state index in [1.807, 2.05) is 31.2 Å². The Hall–Kier alpha value is -2.93. The molecule has 24 heavy (non-hydrogen) atoms. The second-order valence-electron chi connectivity index (χ2n) is 5.21. The van der Waals surface area contributed by atoms with E-state index in [0.717, 1.165) is 16.7 Å². The third-order valence-corrected chi connectivity index (χ3v) is 3.72. The van der Waals surface area contributed by atoms with Gasteiger partial charge in [0.05, 0.1) is 13.3 Å². The lowest BCUT2D eigenvalue weighted by atomic mass is 10.1. The molecule has 2 N–H and O–H groups in total. The van der Waals surface area contributed by atoms with E-state index >= 15 is 0 Å². The zero-order valence-electron chi connectivity index (χ0n) is 13.2. The number of H-pyrrole nitrogens is 1. The van der Waals surface area contributed by atoms with E-state index in [-0.39, 0.29) is 5.75 Å². The lowest BCUT2D eigenvalue weighted by molar-refractivity contribution is 0.373. The lowest BCUT2D eigenvalue weighted by Crippen LogP contribution is -1.95. The quantitative estimate of drug-likeness (QED) is 0.563. The van der Waals surface area contributed by atoms with Gasteiger partial charge in [0.1, 0.15) is 0 Å². The van der Waals surface area contributed by atoms with Crippen LogP contribution < -0.4 is 4.74 Å². The normalized spacial score (nSPS) is 11.1. The molecule has 122 valence electrons. The van der Waals surface area contributed by atoms with Crippen molar-refractivity contribution in [3.05, 3.63) is 58.4 Å². The van der Waals surface area contributed by atoms with Crippen LogP contribution in [0, 0.1) is 11.7 Å². The molecule has 0 amide bonds. The van der Waals surface area contributed by atoms with Crippen LogP contribution in [0.4, 0.5) is 0 Å². The first kappa shape index (κ1) is 15.9. The molecule has 1 heterocycles. The third kappa shape index (κ3) is 3.21. The average Bonchev–Trinajstić information content (AvgIpc) is 2.95. The fraction of sp³-hybridized carbons (Fsp3) is 0.118. The van der Waals surface area contributed by atoms with Crippen molar-refractivity contribution in [2.75, 3.05) is 7.11 Å². The van der Waals surface area contributed by atoms with Gasteiger partial charge in [-0.3, -0.25) is 0 Å². The summed E-state index contributed by atoms with van der Waals surface area (Å²) in [6.07, 6.45) is 1.63. The number of nitrogens with one attached hydrogen (secondary N) is 1. The number of ether oxygens (including phenoxy) is 1. The Morgan fingerprint density at radius 2 is 2.12 bits per heavy atom. The molecule has 0 bridgehead atoms. The zero-order chi connectivity index (χ0) is 17.1. The molecule has 2 aromatic carbocycles. The molecule has 0 saturated heterocycles. The van der Waals surface area contributed by atoms with E-state index in [1.54, 1.807) is 29.1 Å². The zero-order valence-corrected chi connectivity index (χ0v) is 14.0. The van der Waals surface area contributed by atoms with Gasteiger partial charge in [0, 0.05) is 5.56 Å². The number of benzene rings is 2. The average molecular weight is 340 g/mol. The smallest absolute Gasteiger partial charge is 0.216 e. The molecule has 7 heteroatoms. The van der Waals surface area contributed by atoms with Gasteiger partial charge in [-0.15, -0.1) is 0 Å². The molecule has 0 aliphatic rings. The van der Waals surface area contributed by atoms with Gasteiger partial charge in [0.15, 0.2) is 17.3 Å². The Labute approximate surface area is 144 Å². The van der Waals surface area contributed by atoms with E-state index in [9.17, 15) is 5.11 Å². The molecule has 3 rings (SSSR count). The minimum absolute atomic E-state index is 0.0787. The van der Waals surface area contributed by atoms with Gasteiger partial charge in [-0.1, -0.05) is 23.8 Å². The summed E-state index contributed by atoms with van der Waals surface area (Å²) in [7, 11) is 1.50. The van der Waals surface area contributed by atoms with Crippen LogP contribution in [0.15, 0.2) is 47.6 Å². The van der Waals surface area contributed by atoms with E-state index < -0.39 is 0 Å². The number of methoxy groups -OCH3 is 1. The predicted octanol–water partition coefficient (Wildman–Crippen LogP) is 3.51. The van der Waals surface area contributed by atoms with E-state index in [0.29, 0.717) is 16.3 Å². The highest BCUT2D eigenvalue weighted by molar-refractivity contribution is 7.71. The molecule has 0 aliphatic carbocycles. The SMILES string of the molecule is COc1cc(/C=N\n2c(-c3cccc(C)c3)n[nH]c2=S)ccc1O. The number of hydrogen-bond acceptors (Lipinski definition) is 5. The maximum absolute atomic E-state index is 9.64. The van der Waals surface area contributed by atoms with Crippen molar-refractivity contribution in [2.24, 2.45) is 5.10 Å². The van der Waals surface area contributed by atoms with Crippen LogP contribution in [0.5, 0.6) is 11.5 Å². The maximum Gasteiger partial charge on any atom is 0.216 e. The number of aromatic hydroxyl groups is 1. The van der Waals surface area contributed by atoms with Gasteiger partial charge >= 0.3 is 0 Å². The summed E-state index contributed by atoms with van der Waals surface area (Å²) in [5, 5.41) is 21.1. The fourth-order valence-corrected chi connectivity index (χ4v) is 2.45. The molecule has 0 spiro atoms. The molecule has 0 aliphatic heterocycles. The molecule has 0 unspecified atom stereocenters. The van der Waals surface area contributed by atoms with Crippen LogP contribution in [-0.2, 0) is 0 Å². The topological polar surface area (TPSA) is 75.4 Å². The van der Waals surface area contributed by atoms with Crippen molar-refractivity contribution in [1.82, 2.24) is 14.9 Å². The molecule has 0 atom stereocenters. The molecular formula is C17H16N4O2S. The fourth-order valence-electron chi connectivity index (χ4n) is 2.27. The predicted molar refractivity (Wildman–Crippen MR) is 95.2 cm³/mol. The lowest BCUT2D eigenvalue weighted by Gasteiger charge is -2.04. The Morgan fingerprint density at radius 3 is 2.88 bits per heavy atom. The van der Waals surface area contributed by atoms with Crippen LogP contribution in [-0.4, -0.2) is 33.3 Å². The number of nitrogens with zero attached hydrogens (tertiary/aromatic N) is 3.